The fourth-order valence-corrected chi connectivity index (χ4v) is 4.75. The Labute approximate surface area is 169 Å². The van der Waals surface area contributed by atoms with Crippen LogP contribution in [0.3, 0.4) is 0 Å². The molecule has 2 aromatic rings. The van der Waals surface area contributed by atoms with Crippen molar-refractivity contribution in [1.82, 2.24) is 9.97 Å². The first-order valence-electron chi connectivity index (χ1n) is 9.65. The quantitative estimate of drug-likeness (QED) is 0.797. The molecule has 1 saturated heterocycles. The maximum atomic E-state index is 14.4. The summed E-state index contributed by atoms with van der Waals surface area (Å²) in [6.07, 6.45) is 2.09. The molecule has 4 rings (SSSR count). The summed E-state index contributed by atoms with van der Waals surface area (Å²) in [5, 5.41) is 0. The number of nitrogens with two attached hydrogens (primary N) is 1. The highest BCUT2D eigenvalue weighted by Crippen LogP contribution is 2.44. The van der Waals surface area contributed by atoms with Crippen LogP contribution in [-0.2, 0) is 22.2 Å². The Bertz CT molecular complexity index is 1040. The summed E-state index contributed by atoms with van der Waals surface area (Å²) >= 11 is 0. The van der Waals surface area contributed by atoms with Gasteiger partial charge < -0.3 is 10.6 Å². The van der Waals surface area contributed by atoms with Crippen LogP contribution in [0.4, 0.5) is 14.7 Å². The minimum absolute atomic E-state index is 0.154. The van der Waals surface area contributed by atoms with Crippen LogP contribution in [0.1, 0.15) is 42.6 Å². The van der Waals surface area contributed by atoms with E-state index in [9.17, 15) is 17.2 Å². The first-order valence-corrected chi connectivity index (χ1v) is 11.7. The van der Waals surface area contributed by atoms with Gasteiger partial charge >= 0.3 is 0 Å². The summed E-state index contributed by atoms with van der Waals surface area (Å²) in [4.78, 5) is 10.8. The zero-order valence-electron chi connectivity index (χ0n) is 16.4. The summed E-state index contributed by atoms with van der Waals surface area (Å²) < 4.78 is 51.8. The molecule has 0 spiro atoms. The number of rotatable bonds is 5. The van der Waals surface area contributed by atoms with E-state index in [1.165, 1.54) is 0 Å². The Morgan fingerprint density at radius 1 is 1.28 bits per heavy atom. The van der Waals surface area contributed by atoms with Gasteiger partial charge in [-0.15, -0.1) is 0 Å². The van der Waals surface area contributed by atoms with E-state index in [0.717, 1.165) is 19.2 Å². The lowest BCUT2D eigenvalue weighted by molar-refractivity contribution is -0.00595. The zero-order valence-corrected chi connectivity index (χ0v) is 17.2. The van der Waals surface area contributed by atoms with E-state index in [1.807, 2.05) is 11.8 Å². The minimum atomic E-state index is -3.21. The van der Waals surface area contributed by atoms with Gasteiger partial charge in [0.25, 0.3) is 5.92 Å². The van der Waals surface area contributed by atoms with Crippen molar-refractivity contribution in [3.05, 3.63) is 41.1 Å². The SMILES string of the molecule is C[C@H]1CCN1c1nc(-c2ccc([C@H](N)CS(C)(=O)=O)cc2)c2c(n1)C(F)(F)CC2. The van der Waals surface area contributed by atoms with E-state index in [2.05, 4.69) is 9.97 Å². The number of alkyl halides is 2. The van der Waals surface area contributed by atoms with Crippen LogP contribution in [0.25, 0.3) is 11.3 Å². The fourth-order valence-electron chi connectivity index (χ4n) is 3.90. The van der Waals surface area contributed by atoms with Gasteiger partial charge in [-0.3, -0.25) is 0 Å². The summed E-state index contributed by atoms with van der Waals surface area (Å²) in [7, 11) is -3.21. The van der Waals surface area contributed by atoms with Crippen molar-refractivity contribution in [2.75, 3.05) is 23.5 Å². The molecule has 6 nitrogen and oxygen atoms in total. The second-order valence-electron chi connectivity index (χ2n) is 8.06. The van der Waals surface area contributed by atoms with Crippen molar-refractivity contribution < 1.29 is 17.2 Å². The van der Waals surface area contributed by atoms with Crippen LogP contribution in [0, 0.1) is 0 Å². The number of halogens is 2. The molecule has 2 atom stereocenters. The lowest BCUT2D eigenvalue weighted by Gasteiger charge is -2.39. The number of hydrogen-bond donors (Lipinski definition) is 1. The first-order chi connectivity index (χ1) is 13.5. The third-order valence-electron chi connectivity index (χ3n) is 5.70. The van der Waals surface area contributed by atoms with Crippen LogP contribution < -0.4 is 10.6 Å². The molecule has 1 fully saturated rings. The number of fused-ring (bicyclic) bond motifs is 1. The summed E-state index contributed by atoms with van der Waals surface area (Å²) in [5.41, 5.74) is 8.20. The highest BCUT2D eigenvalue weighted by atomic mass is 32.2. The minimum Gasteiger partial charge on any atom is -0.338 e. The molecule has 0 unspecified atom stereocenters. The highest BCUT2D eigenvalue weighted by Gasteiger charge is 2.44. The van der Waals surface area contributed by atoms with Crippen molar-refractivity contribution >= 4 is 15.8 Å². The van der Waals surface area contributed by atoms with Crippen molar-refractivity contribution in [3.8, 4) is 11.3 Å². The van der Waals surface area contributed by atoms with Gasteiger partial charge in [-0.1, -0.05) is 24.3 Å². The monoisotopic (exact) mass is 422 g/mol. The van der Waals surface area contributed by atoms with Gasteiger partial charge in [0, 0.05) is 42.4 Å². The molecule has 1 aromatic heterocycles. The van der Waals surface area contributed by atoms with Gasteiger partial charge in [-0.2, -0.15) is 8.78 Å². The number of hydrogen-bond acceptors (Lipinski definition) is 6. The number of sulfone groups is 1. The number of benzene rings is 1. The predicted octanol–water partition coefficient (Wildman–Crippen LogP) is 2.82. The van der Waals surface area contributed by atoms with Gasteiger partial charge in [0.15, 0.2) is 0 Å². The van der Waals surface area contributed by atoms with Gasteiger partial charge in [0.05, 0.1) is 11.4 Å². The normalized spacial score (nSPS) is 21.6. The first kappa shape index (κ1) is 20.2. The summed E-state index contributed by atoms with van der Waals surface area (Å²) in [5.74, 6) is -2.76. The average molecular weight is 423 g/mol. The Kier molecular flexibility index (Phi) is 4.85. The second kappa shape index (κ2) is 6.98. The molecule has 1 aliphatic carbocycles. The van der Waals surface area contributed by atoms with E-state index >= 15 is 0 Å². The molecule has 2 N–H and O–H groups in total. The molecule has 2 aliphatic rings. The highest BCUT2D eigenvalue weighted by molar-refractivity contribution is 7.90. The topological polar surface area (TPSA) is 89.2 Å². The maximum absolute atomic E-state index is 14.4. The second-order valence-corrected chi connectivity index (χ2v) is 10.2. The molecule has 0 saturated carbocycles. The van der Waals surface area contributed by atoms with Gasteiger partial charge in [0.2, 0.25) is 5.95 Å². The van der Waals surface area contributed by atoms with E-state index in [1.54, 1.807) is 24.3 Å². The van der Waals surface area contributed by atoms with Gasteiger partial charge in [0.1, 0.15) is 15.5 Å². The van der Waals surface area contributed by atoms with Crippen LogP contribution in [0.5, 0.6) is 0 Å². The Balaban J connectivity index is 1.73. The summed E-state index contributed by atoms with van der Waals surface area (Å²) in [6.45, 7) is 2.78. The van der Waals surface area contributed by atoms with E-state index in [-0.39, 0.29) is 30.3 Å². The maximum Gasteiger partial charge on any atom is 0.290 e. The smallest absolute Gasteiger partial charge is 0.290 e. The van der Waals surface area contributed by atoms with Crippen LogP contribution in [0.2, 0.25) is 0 Å². The molecule has 1 aromatic carbocycles. The van der Waals surface area contributed by atoms with Gasteiger partial charge in [-0.25, -0.2) is 18.4 Å². The Hall–Kier alpha value is -2.13. The molecular weight excluding hydrogens is 398 g/mol. The van der Waals surface area contributed by atoms with E-state index < -0.39 is 21.8 Å². The van der Waals surface area contributed by atoms with Crippen molar-refractivity contribution in [3.63, 3.8) is 0 Å². The lowest BCUT2D eigenvalue weighted by atomic mass is 10.0. The third kappa shape index (κ3) is 3.85. The summed E-state index contributed by atoms with van der Waals surface area (Å²) in [6, 6.07) is 6.58. The van der Waals surface area contributed by atoms with Gasteiger partial charge in [-0.05, 0) is 25.3 Å². The standard InChI is InChI=1S/C20H24F2N4O2S/c1-12-8-10-26(12)19-24-17(15-7-9-20(21,22)18(15)25-19)14-5-3-13(4-6-14)16(23)11-29(2,27)28/h3-6,12,16H,7-11,23H2,1-2H3/t12-,16+/m0/s1. The van der Waals surface area contributed by atoms with E-state index in [0.29, 0.717) is 28.3 Å². The molecular formula is C20H24F2N4O2S. The Morgan fingerprint density at radius 2 is 1.97 bits per heavy atom. The molecule has 1 aliphatic heterocycles. The van der Waals surface area contributed by atoms with Crippen molar-refractivity contribution in [2.45, 2.75) is 44.2 Å². The fraction of sp³-hybridized carbons (Fsp3) is 0.500. The average Bonchev–Trinajstić information content (AvgIpc) is 2.94. The molecule has 0 radical (unpaired) electrons. The van der Waals surface area contributed by atoms with Crippen LogP contribution >= 0.6 is 0 Å². The zero-order chi connectivity index (χ0) is 21.0. The Morgan fingerprint density at radius 3 is 2.52 bits per heavy atom. The molecule has 9 heteroatoms. The van der Waals surface area contributed by atoms with E-state index in [4.69, 9.17) is 5.73 Å². The molecule has 29 heavy (non-hydrogen) atoms. The molecule has 2 heterocycles. The van der Waals surface area contributed by atoms with Crippen LogP contribution in [-0.4, -0.2) is 43.0 Å². The van der Waals surface area contributed by atoms with Crippen LogP contribution in [0.15, 0.2) is 24.3 Å². The molecule has 156 valence electrons. The molecule has 0 amide bonds. The van der Waals surface area contributed by atoms with Crippen molar-refractivity contribution in [1.29, 1.82) is 0 Å². The third-order valence-corrected chi connectivity index (χ3v) is 6.67. The molecule has 0 bridgehead atoms. The number of anilines is 1. The number of nitrogens with zero attached hydrogens (tertiary/aromatic N) is 3. The largest absolute Gasteiger partial charge is 0.338 e. The number of aromatic nitrogens is 2. The lowest BCUT2D eigenvalue weighted by Crippen LogP contribution is -2.47. The van der Waals surface area contributed by atoms with Crippen molar-refractivity contribution in [2.24, 2.45) is 5.73 Å². The predicted molar refractivity (Wildman–Crippen MR) is 108 cm³/mol.